The Hall–Kier alpha value is -1.55. The number of benzene rings is 1. The summed E-state index contributed by atoms with van der Waals surface area (Å²) in [6.45, 7) is 7.68. The maximum Gasteiger partial charge on any atom is 0.221 e. The summed E-state index contributed by atoms with van der Waals surface area (Å²) in [7, 11) is 0. The van der Waals surface area contributed by atoms with Gasteiger partial charge < -0.3 is 15.4 Å². The van der Waals surface area contributed by atoms with Gasteiger partial charge in [-0.25, -0.2) is 0 Å². The first kappa shape index (κ1) is 15.8. The van der Waals surface area contributed by atoms with E-state index in [0.29, 0.717) is 25.5 Å². The van der Waals surface area contributed by atoms with Crippen molar-refractivity contribution in [1.29, 1.82) is 0 Å². The third kappa shape index (κ3) is 4.21. The van der Waals surface area contributed by atoms with E-state index in [-0.39, 0.29) is 18.0 Å². The summed E-state index contributed by atoms with van der Waals surface area (Å²) in [6.07, 6.45) is 1.47. The lowest BCUT2D eigenvalue weighted by molar-refractivity contribution is -0.121. The van der Waals surface area contributed by atoms with Crippen LogP contribution in [0.25, 0.3) is 0 Å². The summed E-state index contributed by atoms with van der Waals surface area (Å²) in [5.41, 5.74) is 1.19. The van der Waals surface area contributed by atoms with Crippen molar-refractivity contribution in [2.45, 2.75) is 45.7 Å². The van der Waals surface area contributed by atoms with Crippen LogP contribution in [0.15, 0.2) is 24.3 Å². The number of carbonyl (C=O) groups excluding carboxylic acids is 1. The van der Waals surface area contributed by atoms with Gasteiger partial charge in [0, 0.05) is 36.5 Å². The van der Waals surface area contributed by atoms with E-state index >= 15 is 0 Å². The van der Waals surface area contributed by atoms with Crippen LogP contribution in [0.4, 0.5) is 0 Å². The van der Waals surface area contributed by atoms with Crippen LogP contribution in [0.2, 0.25) is 0 Å². The highest BCUT2D eigenvalue weighted by atomic mass is 16.5. The van der Waals surface area contributed by atoms with Gasteiger partial charge in [0.25, 0.3) is 0 Å². The third-order valence-electron chi connectivity index (χ3n) is 4.06. The quantitative estimate of drug-likeness (QED) is 0.847. The minimum absolute atomic E-state index is 0.116. The molecule has 0 saturated carbocycles. The van der Waals surface area contributed by atoms with E-state index in [1.807, 2.05) is 25.1 Å². The van der Waals surface area contributed by atoms with E-state index in [9.17, 15) is 4.79 Å². The van der Waals surface area contributed by atoms with Crippen molar-refractivity contribution in [2.75, 3.05) is 13.2 Å². The Labute approximate surface area is 127 Å². The number of amides is 1. The summed E-state index contributed by atoms with van der Waals surface area (Å²) in [6, 6.07) is 8.63. The van der Waals surface area contributed by atoms with Gasteiger partial charge in [0.05, 0.1) is 6.61 Å². The number of carbonyl (C=O) groups is 1. The number of fused-ring (bicyclic) bond motifs is 1. The van der Waals surface area contributed by atoms with Crippen LogP contribution < -0.4 is 15.4 Å². The lowest BCUT2D eigenvalue weighted by atomic mass is 9.92. The van der Waals surface area contributed by atoms with Crippen molar-refractivity contribution in [3.63, 3.8) is 0 Å². The predicted molar refractivity (Wildman–Crippen MR) is 84.4 cm³/mol. The zero-order valence-corrected chi connectivity index (χ0v) is 13.2. The Morgan fingerprint density at radius 3 is 2.95 bits per heavy atom. The zero-order chi connectivity index (χ0) is 15.2. The number of rotatable bonds is 6. The number of para-hydroxylation sites is 1. The van der Waals surface area contributed by atoms with Gasteiger partial charge in [-0.05, 0) is 19.4 Å². The van der Waals surface area contributed by atoms with E-state index in [4.69, 9.17) is 4.74 Å². The topological polar surface area (TPSA) is 50.4 Å². The second kappa shape index (κ2) is 7.46. The standard InChI is InChI=1S/C17H26N2O2/c1-4-13(3)19-16(20)9-10-18-17-12(2)11-21-15-8-6-5-7-14(15)17/h5-8,12-13,17-18H,4,9-11H2,1-3H3,(H,19,20). The number of ether oxygens (including phenoxy) is 1. The Kier molecular flexibility index (Phi) is 5.62. The molecule has 0 aromatic heterocycles. The summed E-state index contributed by atoms with van der Waals surface area (Å²) >= 11 is 0. The van der Waals surface area contributed by atoms with E-state index < -0.39 is 0 Å². The smallest absolute Gasteiger partial charge is 0.221 e. The van der Waals surface area contributed by atoms with Gasteiger partial charge in [-0.15, -0.1) is 0 Å². The lowest BCUT2D eigenvalue weighted by Crippen LogP contribution is -2.37. The average Bonchev–Trinajstić information content (AvgIpc) is 2.49. The fraction of sp³-hybridized carbons (Fsp3) is 0.588. The Balaban J connectivity index is 1.87. The van der Waals surface area contributed by atoms with Crippen LogP contribution in [-0.2, 0) is 4.79 Å². The van der Waals surface area contributed by atoms with E-state index in [2.05, 4.69) is 30.5 Å². The molecular weight excluding hydrogens is 264 g/mol. The predicted octanol–water partition coefficient (Wildman–Crippen LogP) is 2.65. The molecule has 4 nitrogen and oxygen atoms in total. The molecule has 3 unspecified atom stereocenters. The van der Waals surface area contributed by atoms with Gasteiger partial charge in [-0.3, -0.25) is 4.79 Å². The number of hydrogen-bond acceptors (Lipinski definition) is 3. The van der Waals surface area contributed by atoms with E-state index in [1.165, 1.54) is 5.56 Å². The van der Waals surface area contributed by atoms with Crippen LogP contribution in [-0.4, -0.2) is 25.1 Å². The molecule has 0 aliphatic carbocycles. The average molecular weight is 290 g/mol. The highest BCUT2D eigenvalue weighted by molar-refractivity contribution is 5.76. The maximum absolute atomic E-state index is 11.8. The summed E-state index contributed by atoms with van der Waals surface area (Å²) in [5.74, 6) is 1.47. The second-order valence-electron chi connectivity index (χ2n) is 5.88. The number of hydrogen-bond donors (Lipinski definition) is 2. The Morgan fingerprint density at radius 2 is 2.19 bits per heavy atom. The minimum Gasteiger partial charge on any atom is -0.493 e. The highest BCUT2D eigenvalue weighted by Crippen LogP contribution is 2.34. The molecule has 0 saturated heterocycles. The molecule has 1 heterocycles. The first-order valence-electron chi connectivity index (χ1n) is 7.86. The monoisotopic (exact) mass is 290 g/mol. The fourth-order valence-corrected chi connectivity index (χ4v) is 2.59. The molecule has 3 atom stereocenters. The van der Waals surface area contributed by atoms with Gasteiger partial charge in [-0.2, -0.15) is 0 Å². The molecular formula is C17H26N2O2. The van der Waals surface area contributed by atoms with Crippen LogP contribution in [0.5, 0.6) is 5.75 Å². The third-order valence-corrected chi connectivity index (χ3v) is 4.06. The molecule has 1 aliphatic rings. The Morgan fingerprint density at radius 1 is 1.43 bits per heavy atom. The van der Waals surface area contributed by atoms with Gasteiger partial charge in [0.1, 0.15) is 5.75 Å². The minimum atomic E-state index is 0.116. The Bertz CT molecular complexity index is 476. The molecule has 2 N–H and O–H groups in total. The molecule has 1 aliphatic heterocycles. The maximum atomic E-state index is 11.8. The van der Waals surface area contributed by atoms with Gasteiger partial charge in [-0.1, -0.05) is 32.0 Å². The van der Waals surface area contributed by atoms with Gasteiger partial charge >= 0.3 is 0 Å². The molecule has 4 heteroatoms. The highest BCUT2D eigenvalue weighted by Gasteiger charge is 2.27. The first-order valence-corrected chi connectivity index (χ1v) is 7.86. The molecule has 0 bridgehead atoms. The molecule has 21 heavy (non-hydrogen) atoms. The molecule has 0 fully saturated rings. The zero-order valence-electron chi connectivity index (χ0n) is 13.2. The van der Waals surface area contributed by atoms with Crippen molar-refractivity contribution >= 4 is 5.91 Å². The van der Waals surface area contributed by atoms with Crippen molar-refractivity contribution in [3.05, 3.63) is 29.8 Å². The lowest BCUT2D eigenvalue weighted by Gasteiger charge is -2.32. The summed E-state index contributed by atoms with van der Waals surface area (Å²) in [4.78, 5) is 11.8. The molecule has 0 spiro atoms. The normalized spacial score (nSPS) is 22.0. The summed E-state index contributed by atoms with van der Waals surface area (Å²) < 4.78 is 5.74. The number of nitrogens with one attached hydrogen (secondary N) is 2. The SMILES string of the molecule is CCC(C)NC(=O)CCNC1c2ccccc2OCC1C. The molecule has 0 radical (unpaired) electrons. The molecule has 1 aromatic carbocycles. The van der Waals surface area contributed by atoms with E-state index in [0.717, 1.165) is 12.2 Å². The molecule has 116 valence electrons. The van der Waals surface area contributed by atoms with Gasteiger partial charge in [0.2, 0.25) is 5.91 Å². The molecule has 2 rings (SSSR count). The van der Waals surface area contributed by atoms with Crippen molar-refractivity contribution in [1.82, 2.24) is 10.6 Å². The van der Waals surface area contributed by atoms with Gasteiger partial charge in [0.15, 0.2) is 0 Å². The fourth-order valence-electron chi connectivity index (χ4n) is 2.59. The van der Waals surface area contributed by atoms with Crippen molar-refractivity contribution in [3.8, 4) is 5.75 Å². The molecule has 1 amide bonds. The van der Waals surface area contributed by atoms with Crippen LogP contribution in [0.1, 0.15) is 45.2 Å². The van der Waals surface area contributed by atoms with E-state index in [1.54, 1.807) is 0 Å². The first-order chi connectivity index (χ1) is 10.1. The van der Waals surface area contributed by atoms with Crippen molar-refractivity contribution in [2.24, 2.45) is 5.92 Å². The largest absolute Gasteiger partial charge is 0.493 e. The van der Waals surface area contributed by atoms with Crippen LogP contribution >= 0.6 is 0 Å². The van der Waals surface area contributed by atoms with Crippen LogP contribution in [0, 0.1) is 5.92 Å². The molecule has 1 aromatic rings. The van der Waals surface area contributed by atoms with Crippen LogP contribution in [0.3, 0.4) is 0 Å². The van der Waals surface area contributed by atoms with Crippen molar-refractivity contribution < 1.29 is 9.53 Å². The second-order valence-corrected chi connectivity index (χ2v) is 5.88. The summed E-state index contributed by atoms with van der Waals surface area (Å²) in [5, 5.41) is 6.50.